The van der Waals surface area contributed by atoms with E-state index >= 15 is 0 Å². The molecule has 0 aliphatic heterocycles. The minimum atomic E-state index is -0.186. The van der Waals surface area contributed by atoms with Crippen molar-refractivity contribution >= 4 is 29.1 Å². The van der Waals surface area contributed by atoms with Crippen LogP contribution in [0.25, 0.3) is 0 Å². The summed E-state index contributed by atoms with van der Waals surface area (Å²) < 4.78 is 0. The first-order valence-electron chi connectivity index (χ1n) is 8.61. The van der Waals surface area contributed by atoms with Gasteiger partial charge in [0, 0.05) is 36.3 Å². The van der Waals surface area contributed by atoms with Crippen LogP contribution in [0.2, 0.25) is 5.02 Å². The van der Waals surface area contributed by atoms with Crippen molar-refractivity contribution in [3.05, 3.63) is 64.7 Å². The van der Waals surface area contributed by atoms with E-state index in [9.17, 15) is 9.59 Å². The second kappa shape index (κ2) is 8.37. The lowest BCUT2D eigenvalue weighted by atomic mass is 9.85. The highest BCUT2D eigenvalue weighted by atomic mass is 35.5. The third-order valence-electron chi connectivity index (χ3n) is 4.11. The molecule has 0 spiro atoms. The average molecular weight is 373 g/mol. The second-order valence-corrected chi connectivity index (χ2v) is 7.64. The highest BCUT2D eigenvalue weighted by Crippen LogP contribution is 2.31. The summed E-state index contributed by atoms with van der Waals surface area (Å²) in [6.45, 7) is 8.66. The van der Waals surface area contributed by atoms with Crippen LogP contribution in [-0.2, 0) is 10.2 Å². The zero-order chi connectivity index (χ0) is 19.3. The Kier molecular flexibility index (Phi) is 6.43. The van der Waals surface area contributed by atoms with Crippen LogP contribution in [0.4, 0.5) is 5.69 Å². The molecule has 2 aromatic carbocycles. The Morgan fingerprint density at radius 3 is 2.23 bits per heavy atom. The summed E-state index contributed by atoms with van der Waals surface area (Å²) in [7, 11) is 0. The molecule has 138 valence electrons. The number of rotatable bonds is 5. The zero-order valence-corrected chi connectivity index (χ0v) is 16.4. The monoisotopic (exact) mass is 372 g/mol. The highest BCUT2D eigenvalue weighted by Gasteiger charge is 2.22. The first kappa shape index (κ1) is 20.0. The summed E-state index contributed by atoms with van der Waals surface area (Å²) in [5.74, 6) is -0.239. The number of hydrogen-bond donors (Lipinski definition) is 1. The van der Waals surface area contributed by atoms with Crippen LogP contribution >= 0.6 is 11.6 Å². The van der Waals surface area contributed by atoms with E-state index in [2.05, 4.69) is 26.1 Å². The third-order valence-corrected chi connectivity index (χ3v) is 4.36. The van der Waals surface area contributed by atoms with E-state index in [1.807, 2.05) is 24.3 Å². The Labute approximate surface area is 160 Å². The maximum absolute atomic E-state index is 12.2. The van der Waals surface area contributed by atoms with Crippen molar-refractivity contribution < 1.29 is 9.59 Å². The number of para-hydroxylation sites is 1. The van der Waals surface area contributed by atoms with E-state index in [0.29, 0.717) is 23.7 Å². The summed E-state index contributed by atoms with van der Waals surface area (Å²) in [5, 5.41) is 3.44. The van der Waals surface area contributed by atoms with Gasteiger partial charge in [0.25, 0.3) is 5.91 Å². The zero-order valence-electron chi connectivity index (χ0n) is 15.7. The lowest BCUT2D eigenvalue weighted by molar-refractivity contribution is -0.116. The van der Waals surface area contributed by atoms with Crippen molar-refractivity contribution in [3.63, 3.8) is 0 Å². The maximum atomic E-state index is 12.2. The number of benzene rings is 2. The number of nitrogens with one attached hydrogen (secondary N) is 1. The largest absolute Gasteiger partial charge is 0.350 e. The molecule has 1 N–H and O–H groups in total. The van der Waals surface area contributed by atoms with Gasteiger partial charge in [0.2, 0.25) is 5.91 Å². The summed E-state index contributed by atoms with van der Waals surface area (Å²) in [6.07, 6.45) is 0. The highest BCUT2D eigenvalue weighted by molar-refractivity contribution is 6.30. The van der Waals surface area contributed by atoms with E-state index in [1.54, 1.807) is 36.1 Å². The molecule has 0 unspecified atom stereocenters. The second-order valence-electron chi connectivity index (χ2n) is 7.20. The Balaban J connectivity index is 2.09. The van der Waals surface area contributed by atoms with Gasteiger partial charge < -0.3 is 10.2 Å². The number of amides is 2. The molecule has 0 aromatic heterocycles. The smallest absolute Gasteiger partial charge is 0.251 e. The molecular weight excluding hydrogens is 348 g/mol. The van der Waals surface area contributed by atoms with Gasteiger partial charge in [0.15, 0.2) is 0 Å². The molecule has 4 nitrogen and oxygen atoms in total. The Hall–Kier alpha value is -2.33. The topological polar surface area (TPSA) is 49.4 Å². The summed E-state index contributed by atoms with van der Waals surface area (Å²) >= 11 is 5.84. The van der Waals surface area contributed by atoms with Crippen LogP contribution in [0, 0.1) is 0 Å². The third kappa shape index (κ3) is 5.09. The van der Waals surface area contributed by atoms with E-state index in [4.69, 9.17) is 11.6 Å². The molecular formula is C21H25ClN2O2. The van der Waals surface area contributed by atoms with E-state index < -0.39 is 0 Å². The number of nitrogens with zero attached hydrogens (tertiary/aromatic N) is 1. The number of carbonyl (C=O) groups is 2. The van der Waals surface area contributed by atoms with Crippen molar-refractivity contribution in [1.29, 1.82) is 0 Å². The molecule has 0 aliphatic rings. The van der Waals surface area contributed by atoms with Crippen molar-refractivity contribution in [2.45, 2.75) is 33.1 Å². The normalized spacial score (nSPS) is 11.1. The minimum Gasteiger partial charge on any atom is -0.350 e. The van der Waals surface area contributed by atoms with Crippen LogP contribution in [0.1, 0.15) is 43.6 Å². The summed E-state index contributed by atoms with van der Waals surface area (Å²) in [5.41, 5.74) is 2.43. The van der Waals surface area contributed by atoms with Crippen LogP contribution in [0.5, 0.6) is 0 Å². The van der Waals surface area contributed by atoms with Gasteiger partial charge in [-0.2, -0.15) is 0 Å². The van der Waals surface area contributed by atoms with Gasteiger partial charge in [0.05, 0.1) is 0 Å². The van der Waals surface area contributed by atoms with Crippen LogP contribution in [0.3, 0.4) is 0 Å². The maximum Gasteiger partial charge on any atom is 0.251 e. The van der Waals surface area contributed by atoms with Gasteiger partial charge in [-0.3, -0.25) is 9.59 Å². The Morgan fingerprint density at radius 1 is 1.04 bits per heavy atom. The molecule has 0 radical (unpaired) electrons. The number of hydrogen-bond acceptors (Lipinski definition) is 2. The van der Waals surface area contributed by atoms with Gasteiger partial charge in [-0.1, -0.05) is 50.6 Å². The molecule has 0 saturated carbocycles. The van der Waals surface area contributed by atoms with Gasteiger partial charge in [0.1, 0.15) is 0 Å². The van der Waals surface area contributed by atoms with Gasteiger partial charge in [-0.15, -0.1) is 0 Å². The molecule has 0 bridgehead atoms. The van der Waals surface area contributed by atoms with E-state index in [-0.39, 0.29) is 17.2 Å². The molecule has 0 aliphatic carbocycles. The molecule has 0 heterocycles. The van der Waals surface area contributed by atoms with Crippen molar-refractivity contribution in [2.24, 2.45) is 0 Å². The van der Waals surface area contributed by atoms with Crippen LogP contribution in [0.15, 0.2) is 48.5 Å². The lowest BCUT2D eigenvalue weighted by Gasteiger charge is -2.29. The van der Waals surface area contributed by atoms with Gasteiger partial charge >= 0.3 is 0 Å². The fraction of sp³-hybridized carbons (Fsp3) is 0.333. The number of anilines is 1. The van der Waals surface area contributed by atoms with Crippen LogP contribution < -0.4 is 10.2 Å². The SMILES string of the molecule is CC(=O)N(CCNC(=O)c1ccc(Cl)cc1)c1ccccc1C(C)(C)C. The molecule has 0 fully saturated rings. The first-order valence-corrected chi connectivity index (χ1v) is 8.99. The molecule has 2 amide bonds. The van der Waals surface area contributed by atoms with Crippen molar-refractivity contribution in [2.75, 3.05) is 18.0 Å². The fourth-order valence-corrected chi connectivity index (χ4v) is 2.90. The van der Waals surface area contributed by atoms with Crippen LogP contribution in [-0.4, -0.2) is 24.9 Å². The number of halogens is 1. The Bertz CT molecular complexity index is 779. The lowest BCUT2D eigenvalue weighted by Crippen LogP contribution is -2.38. The standard InChI is InChI=1S/C21H25ClN2O2/c1-15(25)24(19-8-6-5-7-18(19)21(2,3)4)14-13-23-20(26)16-9-11-17(22)12-10-16/h5-12H,13-14H2,1-4H3,(H,23,26). The first-order chi connectivity index (χ1) is 12.2. The van der Waals surface area contributed by atoms with Crippen molar-refractivity contribution in [1.82, 2.24) is 5.32 Å². The molecule has 2 rings (SSSR count). The minimum absolute atomic E-state index is 0.0533. The molecule has 26 heavy (non-hydrogen) atoms. The van der Waals surface area contributed by atoms with Crippen molar-refractivity contribution in [3.8, 4) is 0 Å². The molecule has 2 aromatic rings. The quantitative estimate of drug-likeness (QED) is 0.844. The van der Waals surface area contributed by atoms with Gasteiger partial charge in [-0.25, -0.2) is 0 Å². The summed E-state index contributed by atoms with van der Waals surface area (Å²) in [4.78, 5) is 26.1. The Morgan fingerprint density at radius 2 is 1.65 bits per heavy atom. The predicted molar refractivity (Wildman–Crippen MR) is 107 cm³/mol. The molecule has 0 atom stereocenters. The average Bonchev–Trinajstić information content (AvgIpc) is 2.58. The summed E-state index contributed by atoms with van der Waals surface area (Å²) in [6, 6.07) is 14.6. The number of carbonyl (C=O) groups excluding carboxylic acids is 2. The van der Waals surface area contributed by atoms with Gasteiger partial charge in [-0.05, 0) is 41.3 Å². The fourth-order valence-electron chi connectivity index (χ4n) is 2.78. The van der Waals surface area contributed by atoms with E-state index in [0.717, 1.165) is 11.3 Å². The van der Waals surface area contributed by atoms with E-state index in [1.165, 1.54) is 0 Å². The molecule has 0 saturated heterocycles. The molecule has 5 heteroatoms. The predicted octanol–water partition coefficient (Wildman–Crippen LogP) is 4.42.